The molecule has 1 aromatic rings. The van der Waals surface area contributed by atoms with E-state index in [2.05, 4.69) is 55.0 Å². The summed E-state index contributed by atoms with van der Waals surface area (Å²) in [6, 6.07) is 9.75. The Morgan fingerprint density at radius 3 is 2.50 bits per heavy atom. The highest BCUT2D eigenvalue weighted by Crippen LogP contribution is 2.19. The Labute approximate surface area is 111 Å². The van der Waals surface area contributed by atoms with Crippen molar-refractivity contribution in [2.45, 2.75) is 32.4 Å². The van der Waals surface area contributed by atoms with Crippen molar-refractivity contribution in [2.24, 2.45) is 5.73 Å². The highest BCUT2D eigenvalue weighted by atomic mass is 15.3. The third-order valence-corrected chi connectivity index (χ3v) is 3.82. The molecule has 0 saturated carbocycles. The minimum Gasteiger partial charge on any atom is -0.369 e. The maximum Gasteiger partial charge on any atom is 0.0367 e. The molecule has 0 aliphatic carbocycles. The van der Waals surface area contributed by atoms with Gasteiger partial charge in [-0.3, -0.25) is 0 Å². The normalized spacial score (nSPS) is 23.1. The van der Waals surface area contributed by atoms with Crippen molar-refractivity contribution in [3.8, 4) is 0 Å². The molecule has 1 saturated heterocycles. The molecular weight excluding hydrogens is 222 g/mol. The van der Waals surface area contributed by atoms with Crippen LogP contribution in [0, 0.1) is 0 Å². The molecule has 3 heteroatoms. The fraction of sp³-hybridized carbons (Fsp3) is 0.600. The lowest BCUT2D eigenvalue weighted by molar-refractivity contribution is 0.234. The van der Waals surface area contributed by atoms with Crippen molar-refractivity contribution >= 4 is 5.69 Å². The van der Waals surface area contributed by atoms with Gasteiger partial charge in [0.05, 0.1) is 0 Å². The van der Waals surface area contributed by atoms with Crippen molar-refractivity contribution < 1.29 is 0 Å². The second kappa shape index (κ2) is 5.72. The molecule has 2 atom stereocenters. The molecule has 0 spiro atoms. The van der Waals surface area contributed by atoms with E-state index < -0.39 is 0 Å². The Morgan fingerprint density at radius 2 is 1.94 bits per heavy atom. The van der Waals surface area contributed by atoms with E-state index in [1.807, 2.05) is 0 Å². The van der Waals surface area contributed by atoms with Gasteiger partial charge in [0.15, 0.2) is 0 Å². The molecule has 18 heavy (non-hydrogen) atoms. The number of anilines is 1. The summed E-state index contributed by atoms with van der Waals surface area (Å²) in [7, 11) is 2.20. The van der Waals surface area contributed by atoms with Crippen LogP contribution in [0.5, 0.6) is 0 Å². The van der Waals surface area contributed by atoms with E-state index in [0.717, 1.165) is 26.1 Å². The Morgan fingerprint density at radius 1 is 1.28 bits per heavy atom. The van der Waals surface area contributed by atoms with Gasteiger partial charge in [-0.05, 0) is 45.0 Å². The molecule has 1 aliphatic rings. The fourth-order valence-corrected chi connectivity index (χ4v) is 2.50. The predicted octanol–water partition coefficient (Wildman–Crippen LogP) is 1.72. The zero-order valence-electron chi connectivity index (χ0n) is 11.8. The van der Waals surface area contributed by atoms with Crippen molar-refractivity contribution in [1.29, 1.82) is 0 Å². The van der Waals surface area contributed by atoms with Gasteiger partial charge in [0.25, 0.3) is 0 Å². The summed E-state index contributed by atoms with van der Waals surface area (Å²) >= 11 is 0. The first-order valence-electron chi connectivity index (χ1n) is 6.86. The number of hydrogen-bond donors (Lipinski definition) is 1. The minimum absolute atomic E-state index is 0.236. The maximum atomic E-state index is 5.82. The van der Waals surface area contributed by atoms with E-state index in [4.69, 9.17) is 5.73 Å². The lowest BCUT2D eigenvalue weighted by atomic mass is 10.1. The van der Waals surface area contributed by atoms with Gasteiger partial charge >= 0.3 is 0 Å². The fourth-order valence-electron chi connectivity index (χ4n) is 2.50. The Bertz CT molecular complexity index is 372. The summed E-state index contributed by atoms with van der Waals surface area (Å²) in [5.41, 5.74) is 8.49. The smallest absolute Gasteiger partial charge is 0.0367 e. The van der Waals surface area contributed by atoms with Gasteiger partial charge in [-0.25, -0.2) is 0 Å². The summed E-state index contributed by atoms with van der Waals surface area (Å²) in [4.78, 5) is 4.89. The van der Waals surface area contributed by atoms with Gasteiger partial charge in [-0.2, -0.15) is 0 Å². The third-order valence-electron chi connectivity index (χ3n) is 3.82. The number of piperazine rings is 1. The predicted molar refractivity (Wildman–Crippen MR) is 78.1 cm³/mol. The third kappa shape index (κ3) is 3.24. The lowest BCUT2D eigenvalue weighted by Gasteiger charge is -2.39. The molecule has 0 radical (unpaired) electrons. The second-order valence-corrected chi connectivity index (χ2v) is 5.62. The molecule has 1 fully saturated rings. The number of nitrogens with two attached hydrogens (primary N) is 1. The molecule has 0 amide bonds. The summed E-state index contributed by atoms with van der Waals surface area (Å²) in [6.07, 6.45) is 0.958. The van der Waals surface area contributed by atoms with E-state index in [1.165, 1.54) is 11.3 Å². The number of nitrogens with zero attached hydrogens (tertiary/aromatic N) is 2. The highest BCUT2D eigenvalue weighted by molar-refractivity contribution is 5.48. The molecule has 1 aliphatic heterocycles. The van der Waals surface area contributed by atoms with Gasteiger partial charge in [0, 0.05) is 37.4 Å². The van der Waals surface area contributed by atoms with Crippen molar-refractivity contribution in [1.82, 2.24) is 4.90 Å². The molecule has 3 nitrogen and oxygen atoms in total. The SMILES string of the molecule is CC(N)Cc1ccc(N2CCN(C)C(C)C2)cc1. The molecule has 100 valence electrons. The van der Waals surface area contributed by atoms with Gasteiger partial charge in [0.2, 0.25) is 0 Å². The van der Waals surface area contributed by atoms with Crippen LogP contribution in [0.2, 0.25) is 0 Å². The lowest BCUT2D eigenvalue weighted by Crippen LogP contribution is -2.50. The molecule has 1 aromatic carbocycles. The molecule has 1 heterocycles. The minimum atomic E-state index is 0.236. The van der Waals surface area contributed by atoms with Crippen LogP contribution in [0.3, 0.4) is 0 Å². The molecular formula is C15H25N3. The van der Waals surface area contributed by atoms with E-state index in [-0.39, 0.29) is 6.04 Å². The molecule has 2 unspecified atom stereocenters. The van der Waals surface area contributed by atoms with Gasteiger partial charge < -0.3 is 15.5 Å². The molecule has 0 bridgehead atoms. The monoisotopic (exact) mass is 247 g/mol. The Hall–Kier alpha value is -1.06. The second-order valence-electron chi connectivity index (χ2n) is 5.62. The van der Waals surface area contributed by atoms with Gasteiger partial charge in [-0.1, -0.05) is 12.1 Å². The van der Waals surface area contributed by atoms with E-state index in [0.29, 0.717) is 6.04 Å². The Kier molecular flexibility index (Phi) is 4.25. The molecule has 0 aromatic heterocycles. The molecule has 2 N–H and O–H groups in total. The van der Waals surface area contributed by atoms with Crippen LogP contribution < -0.4 is 10.6 Å². The van der Waals surface area contributed by atoms with Crippen molar-refractivity contribution in [3.05, 3.63) is 29.8 Å². The number of hydrogen-bond acceptors (Lipinski definition) is 3. The van der Waals surface area contributed by atoms with Crippen LogP contribution in [0.15, 0.2) is 24.3 Å². The zero-order chi connectivity index (χ0) is 13.1. The summed E-state index contributed by atoms with van der Waals surface area (Å²) < 4.78 is 0. The zero-order valence-corrected chi connectivity index (χ0v) is 11.8. The van der Waals surface area contributed by atoms with Crippen LogP contribution in [0.1, 0.15) is 19.4 Å². The standard InChI is InChI=1S/C15H25N3/c1-12(16)10-14-4-6-15(7-5-14)18-9-8-17(3)13(2)11-18/h4-7,12-13H,8-11,16H2,1-3H3. The number of rotatable bonds is 3. The average Bonchev–Trinajstić information content (AvgIpc) is 2.33. The van der Waals surface area contributed by atoms with E-state index in [9.17, 15) is 0 Å². The summed E-state index contributed by atoms with van der Waals surface area (Å²) in [6.45, 7) is 7.71. The summed E-state index contributed by atoms with van der Waals surface area (Å²) in [5, 5.41) is 0. The van der Waals surface area contributed by atoms with E-state index >= 15 is 0 Å². The van der Waals surface area contributed by atoms with Crippen LogP contribution in [-0.4, -0.2) is 43.7 Å². The molecule has 2 rings (SSSR count). The van der Waals surface area contributed by atoms with Gasteiger partial charge in [0.1, 0.15) is 0 Å². The van der Waals surface area contributed by atoms with Crippen LogP contribution in [0.4, 0.5) is 5.69 Å². The van der Waals surface area contributed by atoms with E-state index in [1.54, 1.807) is 0 Å². The van der Waals surface area contributed by atoms with Crippen LogP contribution in [0.25, 0.3) is 0 Å². The first kappa shape index (κ1) is 13.4. The van der Waals surface area contributed by atoms with Crippen LogP contribution >= 0.6 is 0 Å². The van der Waals surface area contributed by atoms with Crippen molar-refractivity contribution in [2.75, 3.05) is 31.6 Å². The van der Waals surface area contributed by atoms with Crippen LogP contribution in [-0.2, 0) is 6.42 Å². The first-order valence-corrected chi connectivity index (χ1v) is 6.86. The average molecular weight is 247 g/mol. The Balaban J connectivity index is 2.01. The quantitative estimate of drug-likeness (QED) is 0.882. The van der Waals surface area contributed by atoms with Gasteiger partial charge in [-0.15, -0.1) is 0 Å². The van der Waals surface area contributed by atoms with Crippen molar-refractivity contribution in [3.63, 3.8) is 0 Å². The topological polar surface area (TPSA) is 32.5 Å². The first-order chi connectivity index (χ1) is 8.56. The number of likely N-dealkylation sites (N-methyl/N-ethyl adjacent to an activating group) is 1. The summed E-state index contributed by atoms with van der Waals surface area (Å²) in [5.74, 6) is 0. The maximum absolute atomic E-state index is 5.82. The number of benzene rings is 1. The largest absolute Gasteiger partial charge is 0.369 e. The highest BCUT2D eigenvalue weighted by Gasteiger charge is 2.20.